The van der Waals surface area contributed by atoms with Gasteiger partial charge in [-0.15, -0.1) is 10.2 Å². The lowest BCUT2D eigenvalue weighted by molar-refractivity contribution is -0.113. The number of amides is 1. The summed E-state index contributed by atoms with van der Waals surface area (Å²) in [4.78, 5) is 12.1. The highest BCUT2D eigenvalue weighted by Gasteiger charge is 2.12. The highest BCUT2D eigenvalue weighted by atomic mass is 35.5. The summed E-state index contributed by atoms with van der Waals surface area (Å²) in [5, 5.41) is 12.4. The highest BCUT2D eigenvalue weighted by Crippen LogP contribution is 2.20. The highest BCUT2D eigenvalue weighted by molar-refractivity contribution is 7.99. The zero-order valence-electron chi connectivity index (χ0n) is 15.9. The summed E-state index contributed by atoms with van der Waals surface area (Å²) < 4.78 is 7.65. The Kier molecular flexibility index (Phi) is 6.59. The number of halogens is 1. The van der Waals surface area contributed by atoms with Crippen LogP contribution in [0.3, 0.4) is 0 Å². The van der Waals surface area contributed by atoms with Crippen LogP contribution in [0.15, 0.2) is 47.6 Å². The van der Waals surface area contributed by atoms with Crippen molar-refractivity contribution in [3.8, 4) is 5.75 Å². The molecule has 0 aliphatic carbocycles. The third kappa shape index (κ3) is 5.27. The molecule has 0 fully saturated rings. The minimum atomic E-state index is -0.122. The molecule has 1 N–H and O–H groups in total. The number of ether oxygens (including phenoxy) is 1. The van der Waals surface area contributed by atoms with Gasteiger partial charge < -0.3 is 14.6 Å². The molecule has 0 atom stereocenters. The number of benzene rings is 2. The number of carbonyl (C=O) groups excluding carboxylic acids is 1. The molecule has 0 bridgehead atoms. The van der Waals surface area contributed by atoms with Gasteiger partial charge in [-0.3, -0.25) is 4.79 Å². The molecule has 0 saturated carbocycles. The first-order valence-corrected chi connectivity index (χ1v) is 10.1. The predicted octanol–water partition coefficient (Wildman–Crippen LogP) is 4.40. The minimum Gasteiger partial charge on any atom is -0.486 e. The number of aromatic nitrogens is 3. The Morgan fingerprint density at radius 1 is 1.14 bits per heavy atom. The zero-order chi connectivity index (χ0) is 20.1. The maximum atomic E-state index is 12.1. The van der Waals surface area contributed by atoms with Crippen LogP contribution >= 0.6 is 23.4 Å². The average molecular weight is 417 g/mol. The van der Waals surface area contributed by atoms with E-state index in [0.717, 1.165) is 5.75 Å². The van der Waals surface area contributed by atoms with Crippen LogP contribution in [0, 0.1) is 13.8 Å². The summed E-state index contributed by atoms with van der Waals surface area (Å²) in [5.74, 6) is 1.59. The monoisotopic (exact) mass is 416 g/mol. The van der Waals surface area contributed by atoms with E-state index in [-0.39, 0.29) is 11.7 Å². The molecule has 1 heterocycles. The van der Waals surface area contributed by atoms with Crippen molar-refractivity contribution in [2.24, 2.45) is 7.05 Å². The fourth-order valence-electron chi connectivity index (χ4n) is 2.41. The van der Waals surface area contributed by atoms with Crippen molar-refractivity contribution < 1.29 is 9.53 Å². The van der Waals surface area contributed by atoms with E-state index in [1.54, 1.807) is 24.3 Å². The first kappa shape index (κ1) is 20.2. The molecule has 8 heteroatoms. The first-order valence-electron chi connectivity index (χ1n) is 8.69. The quantitative estimate of drug-likeness (QED) is 0.578. The Hall–Kier alpha value is -2.51. The number of anilines is 1. The van der Waals surface area contributed by atoms with Gasteiger partial charge in [-0.2, -0.15) is 0 Å². The maximum Gasteiger partial charge on any atom is 0.234 e. The van der Waals surface area contributed by atoms with Gasteiger partial charge in [0, 0.05) is 17.8 Å². The Bertz CT molecular complexity index is 973. The van der Waals surface area contributed by atoms with E-state index in [4.69, 9.17) is 16.3 Å². The molecule has 0 aliphatic rings. The Morgan fingerprint density at radius 3 is 2.61 bits per heavy atom. The van der Waals surface area contributed by atoms with Gasteiger partial charge in [-0.05, 0) is 61.4 Å². The van der Waals surface area contributed by atoms with Crippen LogP contribution < -0.4 is 10.1 Å². The third-order valence-electron chi connectivity index (χ3n) is 4.23. The van der Waals surface area contributed by atoms with E-state index in [1.807, 2.05) is 36.7 Å². The summed E-state index contributed by atoms with van der Waals surface area (Å²) in [6, 6.07) is 13.0. The van der Waals surface area contributed by atoms with Gasteiger partial charge in [-0.1, -0.05) is 29.4 Å². The molecule has 0 unspecified atom stereocenters. The SMILES string of the molecule is Cc1ccc(OCc2nnc(SCC(=O)Nc3ccc(Cl)cc3)n2C)cc1C. The normalized spacial score (nSPS) is 10.7. The van der Waals surface area contributed by atoms with Crippen LogP contribution in [-0.2, 0) is 18.4 Å². The second kappa shape index (κ2) is 9.12. The molecule has 0 aliphatic heterocycles. The van der Waals surface area contributed by atoms with Crippen LogP contribution in [0.5, 0.6) is 5.75 Å². The van der Waals surface area contributed by atoms with E-state index >= 15 is 0 Å². The predicted molar refractivity (Wildman–Crippen MR) is 112 cm³/mol. The number of nitrogens with zero attached hydrogens (tertiary/aromatic N) is 3. The van der Waals surface area contributed by atoms with Crippen molar-refractivity contribution >= 4 is 35.0 Å². The Balaban J connectivity index is 1.53. The minimum absolute atomic E-state index is 0.122. The van der Waals surface area contributed by atoms with E-state index in [9.17, 15) is 4.79 Å². The van der Waals surface area contributed by atoms with Crippen molar-refractivity contribution in [1.29, 1.82) is 0 Å². The molecular formula is C20H21ClN4O2S. The second-order valence-corrected chi connectivity index (χ2v) is 7.72. The number of nitrogens with one attached hydrogen (secondary N) is 1. The summed E-state index contributed by atoms with van der Waals surface area (Å²) in [6.07, 6.45) is 0. The number of hydrogen-bond acceptors (Lipinski definition) is 5. The van der Waals surface area contributed by atoms with Crippen LogP contribution in [0.1, 0.15) is 17.0 Å². The number of carbonyl (C=O) groups is 1. The van der Waals surface area contributed by atoms with Crippen molar-refractivity contribution in [2.45, 2.75) is 25.6 Å². The second-order valence-electron chi connectivity index (χ2n) is 6.34. The van der Waals surface area contributed by atoms with Gasteiger partial charge in [0.05, 0.1) is 5.75 Å². The number of rotatable bonds is 7. The molecule has 3 aromatic rings. The summed E-state index contributed by atoms with van der Waals surface area (Å²) >= 11 is 7.16. The maximum absolute atomic E-state index is 12.1. The Morgan fingerprint density at radius 2 is 1.89 bits per heavy atom. The molecule has 0 spiro atoms. The zero-order valence-corrected chi connectivity index (χ0v) is 17.5. The molecule has 1 aromatic heterocycles. The third-order valence-corrected chi connectivity index (χ3v) is 5.50. The van der Waals surface area contributed by atoms with Crippen molar-refractivity contribution in [3.63, 3.8) is 0 Å². The van der Waals surface area contributed by atoms with Crippen LogP contribution in [-0.4, -0.2) is 26.4 Å². The van der Waals surface area contributed by atoms with E-state index in [0.29, 0.717) is 28.3 Å². The first-order chi connectivity index (χ1) is 13.4. The summed E-state index contributed by atoms with van der Waals surface area (Å²) in [5.41, 5.74) is 3.11. The van der Waals surface area contributed by atoms with Crippen LogP contribution in [0.4, 0.5) is 5.69 Å². The topological polar surface area (TPSA) is 69.0 Å². The molecule has 6 nitrogen and oxygen atoms in total. The molecule has 2 aromatic carbocycles. The smallest absolute Gasteiger partial charge is 0.234 e. The number of thioether (sulfide) groups is 1. The van der Waals surface area contributed by atoms with E-state index in [1.165, 1.54) is 22.9 Å². The molecule has 28 heavy (non-hydrogen) atoms. The fourth-order valence-corrected chi connectivity index (χ4v) is 3.26. The van der Waals surface area contributed by atoms with Gasteiger partial charge in [0.1, 0.15) is 12.4 Å². The van der Waals surface area contributed by atoms with Gasteiger partial charge in [0.25, 0.3) is 0 Å². The summed E-state index contributed by atoms with van der Waals surface area (Å²) in [7, 11) is 1.86. The lowest BCUT2D eigenvalue weighted by atomic mass is 10.1. The lowest BCUT2D eigenvalue weighted by Gasteiger charge is -2.08. The molecule has 1 amide bonds. The van der Waals surface area contributed by atoms with E-state index < -0.39 is 0 Å². The molecule has 3 rings (SSSR count). The van der Waals surface area contributed by atoms with Crippen LogP contribution in [0.25, 0.3) is 0 Å². The number of hydrogen-bond donors (Lipinski definition) is 1. The average Bonchev–Trinajstić information content (AvgIpc) is 3.03. The molecular weight excluding hydrogens is 396 g/mol. The summed E-state index contributed by atoms with van der Waals surface area (Å²) in [6.45, 7) is 4.42. The van der Waals surface area contributed by atoms with Crippen molar-refractivity contribution in [1.82, 2.24) is 14.8 Å². The van der Waals surface area contributed by atoms with E-state index in [2.05, 4.69) is 22.4 Å². The lowest BCUT2D eigenvalue weighted by Crippen LogP contribution is -2.14. The van der Waals surface area contributed by atoms with Crippen molar-refractivity contribution in [3.05, 3.63) is 64.4 Å². The Labute approximate surface area is 173 Å². The largest absolute Gasteiger partial charge is 0.486 e. The molecule has 0 saturated heterocycles. The van der Waals surface area contributed by atoms with Gasteiger partial charge in [-0.25, -0.2) is 0 Å². The van der Waals surface area contributed by atoms with Gasteiger partial charge >= 0.3 is 0 Å². The van der Waals surface area contributed by atoms with Crippen LogP contribution in [0.2, 0.25) is 5.02 Å². The van der Waals surface area contributed by atoms with Gasteiger partial charge in [0.2, 0.25) is 5.91 Å². The molecule has 0 radical (unpaired) electrons. The van der Waals surface area contributed by atoms with Crippen molar-refractivity contribution in [2.75, 3.05) is 11.1 Å². The fraction of sp³-hybridized carbons (Fsp3) is 0.250. The standard InChI is InChI=1S/C20H21ClN4O2S/c1-13-4-9-17(10-14(13)2)27-11-18-23-24-20(25(18)3)28-12-19(26)22-16-7-5-15(21)6-8-16/h4-10H,11-12H2,1-3H3,(H,22,26). The van der Waals surface area contributed by atoms with Gasteiger partial charge in [0.15, 0.2) is 11.0 Å². The molecule has 146 valence electrons. The number of aryl methyl sites for hydroxylation is 2.